The Balaban J connectivity index is 1.93. The van der Waals surface area contributed by atoms with Gasteiger partial charge in [-0.05, 0) is 18.1 Å². The standard InChI is InChI=1S/C16H16S2/c1-12-17-15(13-8-4-2-5-9-13)16(18-12)14-10-6-3-7-11-14/h2-12,15-16H,1H3/t12?,15-,16+. The highest BCUT2D eigenvalue weighted by atomic mass is 32.2. The Morgan fingerprint density at radius 2 is 1.06 bits per heavy atom. The van der Waals surface area contributed by atoms with Crippen molar-refractivity contribution in [3.05, 3.63) is 71.8 Å². The Labute approximate surface area is 117 Å². The van der Waals surface area contributed by atoms with Crippen molar-refractivity contribution in [2.75, 3.05) is 0 Å². The second-order valence-corrected chi connectivity index (χ2v) is 7.78. The molecule has 2 heteroatoms. The van der Waals surface area contributed by atoms with E-state index in [1.807, 2.05) is 0 Å². The van der Waals surface area contributed by atoms with E-state index in [1.54, 1.807) is 0 Å². The van der Waals surface area contributed by atoms with Gasteiger partial charge in [0, 0.05) is 15.1 Å². The summed E-state index contributed by atoms with van der Waals surface area (Å²) < 4.78 is 0.667. The molecule has 1 saturated heterocycles. The maximum atomic E-state index is 2.31. The molecule has 0 amide bonds. The van der Waals surface area contributed by atoms with Crippen LogP contribution in [0.5, 0.6) is 0 Å². The van der Waals surface area contributed by atoms with E-state index < -0.39 is 0 Å². The molecule has 0 nitrogen and oxygen atoms in total. The first-order chi connectivity index (χ1) is 8.84. The van der Waals surface area contributed by atoms with Crippen molar-refractivity contribution in [2.45, 2.75) is 22.0 Å². The van der Waals surface area contributed by atoms with Crippen LogP contribution in [0.4, 0.5) is 0 Å². The third kappa shape index (κ3) is 2.45. The quantitative estimate of drug-likeness (QED) is 0.728. The van der Waals surface area contributed by atoms with Crippen LogP contribution >= 0.6 is 23.5 Å². The third-order valence-corrected chi connectivity index (χ3v) is 6.49. The van der Waals surface area contributed by atoms with E-state index >= 15 is 0 Å². The molecule has 3 atom stereocenters. The zero-order valence-corrected chi connectivity index (χ0v) is 12.0. The maximum absolute atomic E-state index is 2.31. The molecule has 92 valence electrons. The van der Waals surface area contributed by atoms with Gasteiger partial charge in [0.15, 0.2) is 0 Å². The lowest BCUT2D eigenvalue weighted by atomic mass is 10.0. The van der Waals surface area contributed by atoms with Gasteiger partial charge in [-0.15, -0.1) is 23.5 Å². The number of rotatable bonds is 2. The highest BCUT2D eigenvalue weighted by molar-refractivity contribution is 8.20. The van der Waals surface area contributed by atoms with Gasteiger partial charge in [-0.1, -0.05) is 60.7 Å². The molecule has 18 heavy (non-hydrogen) atoms. The van der Waals surface area contributed by atoms with Gasteiger partial charge in [0.25, 0.3) is 0 Å². The molecular formula is C16H16S2. The molecule has 1 aliphatic rings. The van der Waals surface area contributed by atoms with Crippen LogP contribution in [-0.2, 0) is 0 Å². The van der Waals surface area contributed by atoms with Crippen LogP contribution in [0.25, 0.3) is 0 Å². The first-order valence-corrected chi connectivity index (χ1v) is 8.14. The van der Waals surface area contributed by atoms with E-state index in [0.717, 1.165) is 0 Å². The number of thioether (sulfide) groups is 2. The van der Waals surface area contributed by atoms with Crippen molar-refractivity contribution < 1.29 is 0 Å². The summed E-state index contributed by atoms with van der Waals surface area (Å²) in [7, 11) is 0. The summed E-state index contributed by atoms with van der Waals surface area (Å²) in [5, 5.41) is 1.15. The summed E-state index contributed by atoms with van der Waals surface area (Å²) in [4.78, 5) is 0. The molecule has 2 aromatic rings. The number of benzene rings is 2. The van der Waals surface area contributed by atoms with Gasteiger partial charge >= 0.3 is 0 Å². The van der Waals surface area contributed by atoms with Gasteiger partial charge in [-0.25, -0.2) is 0 Å². The summed E-state index contributed by atoms with van der Waals surface area (Å²) in [5.41, 5.74) is 2.90. The van der Waals surface area contributed by atoms with Gasteiger partial charge < -0.3 is 0 Å². The highest BCUT2D eigenvalue weighted by Gasteiger charge is 2.35. The first kappa shape index (κ1) is 12.2. The minimum Gasteiger partial charge on any atom is -0.138 e. The monoisotopic (exact) mass is 272 g/mol. The third-order valence-electron chi connectivity index (χ3n) is 3.21. The van der Waals surface area contributed by atoms with E-state index in [0.29, 0.717) is 15.1 Å². The zero-order valence-electron chi connectivity index (χ0n) is 10.3. The Morgan fingerprint density at radius 1 is 0.667 bits per heavy atom. The Bertz CT molecular complexity index is 448. The maximum Gasteiger partial charge on any atom is 0.0487 e. The topological polar surface area (TPSA) is 0 Å². The van der Waals surface area contributed by atoms with Crippen LogP contribution in [0.2, 0.25) is 0 Å². The summed E-state index contributed by atoms with van der Waals surface area (Å²) in [5.74, 6) is 0. The van der Waals surface area contributed by atoms with Crippen LogP contribution in [0, 0.1) is 0 Å². The van der Waals surface area contributed by atoms with Crippen LogP contribution < -0.4 is 0 Å². The van der Waals surface area contributed by atoms with Crippen LogP contribution in [0.3, 0.4) is 0 Å². The lowest BCUT2D eigenvalue weighted by Crippen LogP contribution is -1.99. The molecule has 0 spiro atoms. The van der Waals surface area contributed by atoms with Gasteiger partial charge in [0.05, 0.1) is 0 Å². The average Bonchev–Trinajstić information content (AvgIpc) is 2.83. The molecule has 0 saturated carbocycles. The predicted molar refractivity (Wildman–Crippen MR) is 83.0 cm³/mol. The number of hydrogen-bond acceptors (Lipinski definition) is 2. The number of hydrogen-bond donors (Lipinski definition) is 0. The summed E-state index contributed by atoms with van der Waals surface area (Å²) in [6.45, 7) is 2.31. The minimum absolute atomic E-state index is 0.577. The summed E-state index contributed by atoms with van der Waals surface area (Å²) in [6.07, 6.45) is 0. The Hall–Kier alpha value is -0.860. The van der Waals surface area contributed by atoms with Crippen molar-refractivity contribution in [3.63, 3.8) is 0 Å². The molecule has 0 bridgehead atoms. The molecule has 1 aliphatic heterocycles. The zero-order chi connectivity index (χ0) is 12.4. The average molecular weight is 272 g/mol. The van der Waals surface area contributed by atoms with Gasteiger partial charge in [0.1, 0.15) is 0 Å². The molecular weight excluding hydrogens is 256 g/mol. The fourth-order valence-corrected chi connectivity index (χ4v) is 5.79. The second-order valence-electron chi connectivity index (χ2n) is 4.50. The van der Waals surface area contributed by atoms with Crippen LogP contribution in [-0.4, -0.2) is 4.58 Å². The minimum atomic E-state index is 0.577. The van der Waals surface area contributed by atoms with E-state index in [1.165, 1.54) is 11.1 Å². The molecule has 0 radical (unpaired) electrons. The highest BCUT2D eigenvalue weighted by Crippen LogP contribution is 2.59. The second kappa shape index (κ2) is 5.41. The van der Waals surface area contributed by atoms with E-state index in [4.69, 9.17) is 0 Å². The molecule has 1 fully saturated rings. The molecule has 2 aromatic carbocycles. The first-order valence-electron chi connectivity index (χ1n) is 6.25. The Morgan fingerprint density at radius 3 is 1.44 bits per heavy atom. The smallest absolute Gasteiger partial charge is 0.0487 e. The van der Waals surface area contributed by atoms with Crippen molar-refractivity contribution in [2.24, 2.45) is 0 Å². The van der Waals surface area contributed by atoms with Crippen LogP contribution in [0.15, 0.2) is 60.7 Å². The lowest BCUT2D eigenvalue weighted by molar-refractivity contribution is 0.920. The largest absolute Gasteiger partial charge is 0.138 e. The predicted octanol–water partition coefficient (Wildman–Crippen LogP) is 5.30. The molecule has 0 N–H and O–H groups in total. The molecule has 3 rings (SSSR count). The molecule has 1 unspecified atom stereocenters. The fraction of sp³-hybridized carbons (Fsp3) is 0.250. The van der Waals surface area contributed by atoms with Crippen LogP contribution in [0.1, 0.15) is 28.6 Å². The van der Waals surface area contributed by atoms with Gasteiger partial charge in [-0.3, -0.25) is 0 Å². The van der Waals surface area contributed by atoms with Crippen molar-refractivity contribution in [1.29, 1.82) is 0 Å². The van der Waals surface area contributed by atoms with Crippen molar-refractivity contribution in [1.82, 2.24) is 0 Å². The van der Waals surface area contributed by atoms with Crippen molar-refractivity contribution in [3.8, 4) is 0 Å². The van der Waals surface area contributed by atoms with Gasteiger partial charge in [0.2, 0.25) is 0 Å². The van der Waals surface area contributed by atoms with E-state index in [2.05, 4.69) is 91.1 Å². The Kier molecular flexibility index (Phi) is 3.67. The SMILES string of the molecule is CC1S[C@H](c2ccccc2)[C@H](c2ccccc2)S1. The molecule has 0 aliphatic carbocycles. The van der Waals surface area contributed by atoms with E-state index in [9.17, 15) is 0 Å². The lowest BCUT2D eigenvalue weighted by Gasteiger charge is -2.18. The molecule has 1 heterocycles. The normalized spacial score (nSPS) is 27.3. The van der Waals surface area contributed by atoms with Gasteiger partial charge in [-0.2, -0.15) is 0 Å². The summed E-state index contributed by atoms with van der Waals surface area (Å²) in [6, 6.07) is 21.8. The summed E-state index contributed by atoms with van der Waals surface area (Å²) >= 11 is 4.17. The van der Waals surface area contributed by atoms with E-state index in [-0.39, 0.29) is 0 Å². The van der Waals surface area contributed by atoms with Crippen molar-refractivity contribution >= 4 is 23.5 Å². The fourth-order valence-electron chi connectivity index (χ4n) is 2.38. The molecule has 0 aromatic heterocycles.